The molecule has 1 saturated carbocycles. The summed E-state index contributed by atoms with van der Waals surface area (Å²) in [5, 5.41) is 5.08. The lowest BCUT2D eigenvalue weighted by Gasteiger charge is -2.32. The van der Waals surface area contributed by atoms with Crippen LogP contribution in [0.1, 0.15) is 31.2 Å². The van der Waals surface area contributed by atoms with Crippen molar-refractivity contribution in [2.24, 2.45) is 5.92 Å². The first kappa shape index (κ1) is 14.6. The maximum atomic E-state index is 6.26. The van der Waals surface area contributed by atoms with Crippen molar-refractivity contribution in [1.82, 2.24) is 10.2 Å². The van der Waals surface area contributed by atoms with Crippen LogP contribution in [-0.2, 0) is 6.54 Å². The molecule has 0 radical (unpaired) electrons. The number of rotatable bonds is 5. The van der Waals surface area contributed by atoms with Crippen LogP contribution >= 0.6 is 23.2 Å². The summed E-state index contributed by atoms with van der Waals surface area (Å²) in [6.45, 7) is 4.43. The molecule has 1 N–H and O–H groups in total. The molecule has 0 atom stereocenters. The molecule has 0 bridgehead atoms. The van der Waals surface area contributed by atoms with E-state index in [-0.39, 0.29) is 0 Å². The van der Waals surface area contributed by atoms with Crippen molar-refractivity contribution in [3.8, 4) is 0 Å². The molecule has 4 heteroatoms. The maximum absolute atomic E-state index is 6.26. The van der Waals surface area contributed by atoms with E-state index in [1.54, 1.807) is 0 Å². The van der Waals surface area contributed by atoms with Crippen molar-refractivity contribution >= 4 is 23.2 Å². The van der Waals surface area contributed by atoms with Gasteiger partial charge in [0, 0.05) is 12.6 Å². The lowest BCUT2D eigenvalue weighted by atomic mass is 10.0. The first-order valence-electron chi connectivity index (χ1n) is 7.61. The summed E-state index contributed by atoms with van der Waals surface area (Å²) in [6, 6.07) is 6.61. The average molecular weight is 313 g/mol. The Hall–Kier alpha value is -0.280. The summed E-state index contributed by atoms with van der Waals surface area (Å²) in [5.41, 5.74) is 1.14. The van der Waals surface area contributed by atoms with Crippen molar-refractivity contribution in [3.63, 3.8) is 0 Å². The highest BCUT2D eigenvalue weighted by Crippen LogP contribution is 2.29. The summed E-state index contributed by atoms with van der Waals surface area (Å²) >= 11 is 12.3. The minimum Gasteiger partial charge on any atom is -0.314 e. The summed E-state index contributed by atoms with van der Waals surface area (Å²) in [7, 11) is 0. The van der Waals surface area contributed by atoms with Crippen molar-refractivity contribution in [3.05, 3.63) is 33.8 Å². The zero-order chi connectivity index (χ0) is 13.9. The van der Waals surface area contributed by atoms with Crippen molar-refractivity contribution in [2.75, 3.05) is 19.6 Å². The highest BCUT2D eigenvalue weighted by molar-refractivity contribution is 6.42. The van der Waals surface area contributed by atoms with Gasteiger partial charge in [0.15, 0.2) is 0 Å². The molecule has 0 aromatic heterocycles. The summed E-state index contributed by atoms with van der Waals surface area (Å²) in [4.78, 5) is 2.48. The lowest BCUT2D eigenvalue weighted by Crippen LogP contribution is -2.42. The number of benzene rings is 1. The molecular weight excluding hydrogens is 291 g/mol. The number of nitrogens with one attached hydrogen (secondary N) is 1. The Bertz CT molecular complexity index is 452. The minimum atomic E-state index is 0.658. The molecule has 3 rings (SSSR count). The molecule has 2 aliphatic rings. The van der Waals surface area contributed by atoms with Crippen LogP contribution in [0, 0.1) is 5.92 Å². The molecule has 1 saturated heterocycles. The van der Waals surface area contributed by atoms with Gasteiger partial charge in [0.05, 0.1) is 10.0 Å². The molecule has 1 aliphatic heterocycles. The van der Waals surface area contributed by atoms with E-state index in [0.717, 1.165) is 31.1 Å². The van der Waals surface area contributed by atoms with Gasteiger partial charge in [0.25, 0.3) is 0 Å². The minimum absolute atomic E-state index is 0.658. The van der Waals surface area contributed by atoms with E-state index in [1.807, 2.05) is 12.1 Å². The molecule has 1 heterocycles. The third kappa shape index (κ3) is 3.88. The SMILES string of the molecule is Clc1cccc(CN2CCC(NCC3CC3)CC2)c1Cl. The molecular formula is C16H22Cl2N2. The van der Waals surface area contributed by atoms with E-state index < -0.39 is 0 Å². The summed E-state index contributed by atoms with van der Waals surface area (Å²) in [6.07, 6.45) is 5.34. The van der Waals surface area contributed by atoms with Gasteiger partial charge in [0.2, 0.25) is 0 Å². The first-order chi connectivity index (χ1) is 9.72. The van der Waals surface area contributed by atoms with Crippen LogP contribution in [-0.4, -0.2) is 30.6 Å². The van der Waals surface area contributed by atoms with Gasteiger partial charge in [-0.3, -0.25) is 4.90 Å². The highest BCUT2D eigenvalue weighted by Gasteiger charge is 2.24. The van der Waals surface area contributed by atoms with Gasteiger partial charge >= 0.3 is 0 Å². The van der Waals surface area contributed by atoms with Crippen molar-refractivity contribution in [1.29, 1.82) is 0 Å². The third-order valence-corrected chi connectivity index (χ3v) is 5.26. The second-order valence-corrected chi connectivity index (χ2v) is 6.90. The zero-order valence-electron chi connectivity index (χ0n) is 11.7. The van der Waals surface area contributed by atoms with E-state index in [4.69, 9.17) is 23.2 Å². The quantitative estimate of drug-likeness (QED) is 0.885. The number of hydrogen-bond acceptors (Lipinski definition) is 2. The predicted molar refractivity (Wildman–Crippen MR) is 85.5 cm³/mol. The van der Waals surface area contributed by atoms with Crippen molar-refractivity contribution in [2.45, 2.75) is 38.3 Å². The largest absolute Gasteiger partial charge is 0.314 e. The van der Waals surface area contributed by atoms with E-state index >= 15 is 0 Å². The van der Waals surface area contributed by atoms with Crippen LogP contribution in [0.2, 0.25) is 10.0 Å². The standard InChI is InChI=1S/C16H22Cl2N2/c17-15-3-1-2-13(16(15)18)11-20-8-6-14(7-9-20)19-10-12-4-5-12/h1-3,12,14,19H,4-11H2. The van der Waals surface area contributed by atoms with Gasteiger partial charge < -0.3 is 5.32 Å². The fraction of sp³-hybridized carbons (Fsp3) is 0.625. The Morgan fingerprint density at radius 2 is 1.85 bits per heavy atom. The van der Waals surface area contributed by atoms with Gasteiger partial charge in [-0.1, -0.05) is 35.3 Å². The first-order valence-corrected chi connectivity index (χ1v) is 8.36. The Labute approximate surface area is 131 Å². The van der Waals surface area contributed by atoms with Crippen LogP contribution in [0.15, 0.2) is 18.2 Å². The third-order valence-electron chi connectivity index (χ3n) is 4.41. The molecule has 1 aromatic carbocycles. The predicted octanol–water partition coefficient (Wildman–Crippen LogP) is 3.96. The Morgan fingerprint density at radius 1 is 1.10 bits per heavy atom. The van der Waals surface area contributed by atoms with Gasteiger partial charge in [-0.05, 0) is 62.9 Å². The van der Waals surface area contributed by atoms with Crippen LogP contribution in [0.5, 0.6) is 0 Å². The molecule has 0 amide bonds. The number of hydrogen-bond donors (Lipinski definition) is 1. The van der Waals surface area contributed by atoms with Crippen molar-refractivity contribution < 1.29 is 0 Å². The topological polar surface area (TPSA) is 15.3 Å². The Kier molecular flexibility index (Phi) is 4.87. The smallest absolute Gasteiger partial charge is 0.0637 e. The fourth-order valence-corrected chi connectivity index (χ4v) is 3.24. The molecule has 1 aromatic rings. The summed E-state index contributed by atoms with van der Waals surface area (Å²) < 4.78 is 0. The molecule has 110 valence electrons. The average Bonchev–Trinajstić information content (AvgIpc) is 3.27. The molecule has 2 nitrogen and oxygen atoms in total. The van der Waals surface area contributed by atoms with E-state index in [0.29, 0.717) is 16.1 Å². The maximum Gasteiger partial charge on any atom is 0.0637 e. The monoisotopic (exact) mass is 312 g/mol. The van der Waals surface area contributed by atoms with Crippen LogP contribution in [0.4, 0.5) is 0 Å². The Morgan fingerprint density at radius 3 is 2.55 bits per heavy atom. The zero-order valence-corrected chi connectivity index (χ0v) is 13.3. The van der Waals surface area contributed by atoms with E-state index in [2.05, 4.69) is 16.3 Å². The number of piperidine rings is 1. The molecule has 2 fully saturated rings. The van der Waals surface area contributed by atoms with E-state index in [1.165, 1.54) is 32.2 Å². The molecule has 0 spiro atoms. The summed E-state index contributed by atoms with van der Waals surface area (Å²) in [5.74, 6) is 0.971. The van der Waals surface area contributed by atoms with Gasteiger partial charge in [-0.2, -0.15) is 0 Å². The van der Waals surface area contributed by atoms with Crippen LogP contribution < -0.4 is 5.32 Å². The fourth-order valence-electron chi connectivity index (χ4n) is 2.86. The van der Waals surface area contributed by atoms with Gasteiger partial charge in [0.1, 0.15) is 0 Å². The number of nitrogens with zero attached hydrogens (tertiary/aromatic N) is 1. The van der Waals surface area contributed by atoms with Crippen LogP contribution in [0.25, 0.3) is 0 Å². The molecule has 1 aliphatic carbocycles. The highest BCUT2D eigenvalue weighted by atomic mass is 35.5. The second kappa shape index (κ2) is 6.65. The molecule has 20 heavy (non-hydrogen) atoms. The lowest BCUT2D eigenvalue weighted by molar-refractivity contribution is 0.190. The normalized spacial score (nSPS) is 21.3. The molecule has 0 unspecified atom stereocenters. The second-order valence-electron chi connectivity index (χ2n) is 6.11. The number of likely N-dealkylation sites (tertiary alicyclic amines) is 1. The Balaban J connectivity index is 1.46. The van der Waals surface area contributed by atoms with Crippen LogP contribution in [0.3, 0.4) is 0 Å². The van der Waals surface area contributed by atoms with Gasteiger partial charge in [-0.25, -0.2) is 0 Å². The van der Waals surface area contributed by atoms with E-state index in [9.17, 15) is 0 Å². The van der Waals surface area contributed by atoms with Gasteiger partial charge in [-0.15, -0.1) is 0 Å². The number of halogens is 2.